The molecule has 1 aromatic carbocycles. The van der Waals surface area contributed by atoms with Gasteiger partial charge in [-0.1, -0.05) is 65.8 Å². The van der Waals surface area contributed by atoms with Crippen LogP contribution >= 0.6 is 0 Å². The average Bonchev–Trinajstić information content (AvgIpc) is 3.44. The molecule has 278 valence electrons. The highest BCUT2D eigenvalue weighted by atomic mass is 28.4. The van der Waals surface area contributed by atoms with Gasteiger partial charge in [-0.3, -0.25) is 5.32 Å². The molecule has 1 amide bonds. The molecule has 0 saturated carbocycles. The molecule has 3 aromatic heterocycles. The third kappa shape index (κ3) is 10.1. The van der Waals surface area contributed by atoms with Gasteiger partial charge in [-0.15, -0.1) is 0 Å². The summed E-state index contributed by atoms with van der Waals surface area (Å²) in [7, 11) is -3.94. The van der Waals surface area contributed by atoms with E-state index in [1.807, 2.05) is 59.4 Å². The topological polar surface area (TPSA) is 121 Å². The van der Waals surface area contributed by atoms with Crippen LogP contribution in [0.3, 0.4) is 0 Å². The lowest BCUT2D eigenvalue weighted by molar-refractivity contribution is -0.0295. The fraction of sp³-hybridized carbons (Fsp3) is 0.538. The third-order valence-corrected chi connectivity index (χ3v) is 19.1. The summed E-state index contributed by atoms with van der Waals surface area (Å²) in [6.07, 6.45) is 1.78. The molecule has 0 aliphatic heterocycles. The van der Waals surface area contributed by atoms with Crippen molar-refractivity contribution >= 4 is 33.6 Å². The summed E-state index contributed by atoms with van der Waals surface area (Å²) < 4.78 is 20.2. The minimum atomic E-state index is -1.99. The number of alkyl carbamates (subject to hydrolysis) is 1. The van der Waals surface area contributed by atoms with E-state index in [9.17, 15) is 9.90 Å². The number of rotatable bonds is 12. The van der Waals surface area contributed by atoms with E-state index >= 15 is 0 Å². The Kier molecular flexibility index (Phi) is 11.8. The zero-order valence-corrected chi connectivity index (χ0v) is 35.0. The van der Waals surface area contributed by atoms with Crippen LogP contribution in [0.1, 0.15) is 86.5 Å². The molecule has 0 saturated heterocycles. The zero-order valence-electron chi connectivity index (χ0n) is 33.0. The first-order valence-corrected chi connectivity index (χ1v) is 23.7. The van der Waals surface area contributed by atoms with Crippen molar-refractivity contribution in [3.05, 3.63) is 72.2 Å². The van der Waals surface area contributed by atoms with E-state index in [-0.39, 0.29) is 16.5 Å². The second-order valence-corrected chi connectivity index (χ2v) is 27.1. The largest absolute Gasteiger partial charge is 0.444 e. The molecular weight excluding hydrogens is 675 g/mol. The summed E-state index contributed by atoms with van der Waals surface area (Å²) in [6, 6.07) is 17.3. The van der Waals surface area contributed by atoms with Crippen molar-refractivity contribution in [1.82, 2.24) is 25.1 Å². The molecule has 1 unspecified atom stereocenters. The van der Waals surface area contributed by atoms with Crippen LogP contribution in [0.2, 0.25) is 36.3 Å². The van der Waals surface area contributed by atoms with E-state index in [0.29, 0.717) is 36.8 Å². The predicted octanol–water partition coefficient (Wildman–Crippen LogP) is 9.48. The monoisotopic (exact) mass is 733 g/mol. The van der Waals surface area contributed by atoms with E-state index in [2.05, 4.69) is 78.1 Å². The number of carbonyl (C=O) groups is 1. The number of pyridine rings is 2. The molecule has 0 aliphatic rings. The second-order valence-electron chi connectivity index (χ2n) is 17.5. The van der Waals surface area contributed by atoms with Crippen LogP contribution in [-0.4, -0.2) is 59.8 Å². The third-order valence-electron chi connectivity index (χ3n) is 10.1. The summed E-state index contributed by atoms with van der Waals surface area (Å²) in [5, 5.41) is 20.6. The number of fused-ring (bicyclic) bond motifs is 1. The maximum atomic E-state index is 13.0. The molecule has 4 rings (SSSR count). The quantitative estimate of drug-likeness (QED) is 0.0840. The van der Waals surface area contributed by atoms with Gasteiger partial charge in [0.15, 0.2) is 28.2 Å². The summed E-state index contributed by atoms with van der Waals surface area (Å²) in [5.74, 6) is 0.691. The summed E-state index contributed by atoms with van der Waals surface area (Å²) in [5.41, 5.74) is 0.937. The maximum absolute atomic E-state index is 13.0. The van der Waals surface area contributed by atoms with Crippen molar-refractivity contribution in [1.29, 1.82) is 0 Å². The van der Waals surface area contributed by atoms with Crippen LogP contribution in [-0.2, 0) is 25.9 Å². The Morgan fingerprint density at radius 1 is 0.843 bits per heavy atom. The SMILES string of the molecule is CC(C)(C)OC(=O)NC(O)(CCCO[Si](C)(C)C(C)(C)C)c1cccc(-c2ccc3cnn(-c4cccc(CO[Si](C)(C)C(C)(C)C)n4)c3c2)n1. The highest BCUT2D eigenvalue weighted by Crippen LogP contribution is 2.38. The fourth-order valence-corrected chi connectivity index (χ4v) is 6.95. The minimum Gasteiger partial charge on any atom is -0.444 e. The Bertz CT molecular complexity index is 1820. The molecule has 10 nitrogen and oxygen atoms in total. The number of nitrogens with one attached hydrogen (secondary N) is 1. The molecule has 0 aliphatic carbocycles. The average molecular weight is 734 g/mol. The van der Waals surface area contributed by atoms with Crippen molar-refractivity contribution in [3.63, 3.8) is 0 Å². The van der Waals surface area contributed by atoms with E-state index < -0.39 is 34.1 Å². The van der Waals surface area contributed by atoms with E-state index in [4.69, 9.17) is 23.6 Å². The number of carbonyl (C=O) groups excluding carboxylic acids is 1. The first-order chi connectivity index (χ1) is 23.4. The number of hydrogen-bond donors (Lipinski definition) is 2. The number of nitrogens with zero attached hydrogens (tertiary/aromatic N) is 4. The van der Waals surface area contributed by atoms with Crippen molar-refractivity contribution in [2.75, 3.05) is 6.61 Å². The van der Waals surface area contributed by atoms with Gasteiger partial charge in [0.25, 0.3) is 0 Å². The van der Waals surface area contributed by atoms with Gasteiger partial charge in [0.2, 0.25) is 0 Å². The van der Waals surface area contributed by atoms with Crippen molar-refractivity contribution < 1.29 is 23.5 Å². The highest BCUT2D eigenvalue weighted by Gasteiger charge is 2.39. The summed E-state index contributed by atoms with van der Waals surface area (Å²) in [4.78, 5) is 22.8. The van der Waals surface area contributed by atoms with Crippen LogP contribution < -0.4 is 5.32 Å². The highest BCUT2D eigenvalue weighted by molar-refractivity contribution is 6.74. The van der Waals surface area contributed by atoms with Crippen LogP contribution in [0.4, 0.5) is 4.79 Å². The van der Waals surface area contributed by atoms with Gasteiger partial charge >= 0.3 is 6.09 Å². The first kappa shape index (κ1) is 40.3. The van der Waals surface area contributed by atoms with Gasteiger partial charge in [0.1, 0.15) is 5.60 Å². The lowest BCUT2D eigenvalue weighted by Gasteiger charge is -2.36. The van der Waals surface area contributed by atoms with Crippen LogP contribution in [0.25, 0.3) is 28.0 Å². The van der Waals surface area contributed by atoms with Gasteiger partial charge in [-0.05, 0) is 93.8 Å². The molecule has 3 heterocycles. The lowest BCUT2D eigenvalue weighted by Crippen LogP contribution is -2.48. The Morgan fingerprint density at radius 2 is 1.49 bits per heavy atom. The molecule has 0 radical (unpaired) electrons. The smallest absolute Gasteiger partial charge is 0.410 e. The Hall–Kier alpha value is -3.43. The van der Waals surface area contributed by atoms with E-state index in [1.165, 1.54) is 0 Å². The minimum absolute atomic E-state index is 0.0579. The van der Waals surface area contributed by atoms with Crippen LogP contribution in [0.5, 0.6) is 0 Å². The van der Waals surface area contributed by atoms with Gasteiger partial charge < -0.3 is 18.7 Å². The number of benzene rings is 1. The first-order valence-electron chi connectivity index (χ1n) is 17.8. The molecule has 0 fully saturated rings. The normalized spacial score (nSPS) is 14.4. The molecule has 12 heteroatoms. The lowest BCUT2D eigenvalue weighted by atomic mass is 10.0. The van der Waals surface area contributed by atoms with Crippen LogP contribution in [0, 0.1) is 0 Å². The Labute approximate surface area is 306 Å². The fourth-order valence-electron chi connectivity index (χ4n) is 4.92. The Balaban J connectivity index is 1.63. The summed E-state index contributed by atoms with van der Waals surface area (Å²) in [6.45, 7) is 28.4. The van der Waals surface area contributed by atoms with Gasteiger partial charge in [-0.25, -0.2) is 19.4 Å². The van der Waals surface area contributed by atoms with Gasteiger partial charge in [0.05, 0.1) is 35.4 Å². The number of ether oxygens (including phenoxy) is 1. The number of amides is 1. The molecule has 0 bridgehead atoms. The molecule has 51 heavy (non-hydrogen) atoms. The maximum Gasteiger partial charge on any atom is 0.410 e. The van der Waals surface area contributed by atoms with Gasteiger partial charge in [0, 0.05) is 24.0 Å². The van der Waals surface area contributed by atoms with Gasteiger partial charge in [-0.2, -0.15) is 5.10 Å². The van der Waals surface area contributed by atoms with E-state index in [1.54, 1.807) is 26.8 Å². The number of hydrogen-bond acceptors (Lipinski definition) is 8. The Morgan fingerprint density at radius 3 is 2.14 bits per heavy atom. The molecule has 1 atom stereocenters. The second kappa shape index (κ2) is 14.9. The van der Waals surface area contributed by atoms with Crippen molar-refractivity contribution in [2.45, 2.75) is 129 Å². The molecule has 0 spiro atoms. The van der Waals surface area contributed by atoms with Crippen molar-refractivity contribution in [3.8, 4) is 17.1 Å². The molecule has 2 N–H and O–H groups in total. The standard InChI is InChI=1S/C39H59N5O5Si2/c1-36(2,3)49-35(45)43-39(46,23-16-24-47-50(10,11)37(4,5)6)33-19-15-18-31(42-33)28-21-22-29-26-40-44(32(29)25-28)34-20-14-17-30(41-34)27-48-51(12,13)38(7,8)9/h14-15,17-22,25-26,46H,16,23-24,27H2,1-13H3,(H,43,45). The predicted molar refractivity (Wildman–Crippen MR) is 210 cm³/mol. The van der Waals surface area contributed by atoms with Crippen LogP contribution in [0.15, 0.2) is 60.8 Å². The molecular formula is C39H59N5O5Si2. The molecule has 4 aromatic rings. The van der Waals surface area contributed by atoms with Crippen molar-refractivity contribution in [2.24, 2.45) is 0 Å². The number of aliphatic hydroxyl groups is 1. The zero-order chi connectivity index (χ0) is 38.0. The summed E-state index contributed by atoms with van der Waals surface area (Å²) >= 11 is 0. The van der Waals surface area contributed by atoms with E-state index in [0.717, 1.165) is 22.2 Å². The number of aromatic nitrogens is 4.